The van der Waals surface area contributed by atoms with Gasteiger partial charge in [-0.3, -0.25) is 4.55 Å². The lowest BCUT2D eigenvalue weighted by Crippen LogP contribution is -2.35. The van der Waals surface area contributed by atoms with Gasteiger partial charge in [0.2, 0.25) is 0 Å². The standard InChI is InChI=1S/C11H23NO3S/c1-3-9-5-11(7-12,6-10(9)4-2)8-16(13,14)15/h9-10H,3-8,12H2,1-2H3,(H,13,14,15)/t9-,10+,11?. The maximum Gasteiger partial charge on any atom is 0.265 e. The van der Waals surface area contributed by atoms with E-state index >= 15 is 0 Å². The number of rotatable bonds is 5. The Morgan fingerprint density at radius 1 is 1.25 bits per heavy atom. The summed E-state index contributed by atoms with van der Waals surface area (Å²) >= 11 is 0. The normalized spacial score (nSPS) is 35.5. The molecule has 0 amide bonds. The minimum absolute atomic E-state index is 0.177. The van der Waals surface area contributed by atoms with E-state index in [0.29, 0.717) is 18.4 Å². The van der Waals surface area contributed by atoms with Crippen LogP contribution in [0.15, 0.2) is 0 Å². The summed E-state index contributed by atoms with van der Waals surface area (Å²) in [7, 11) is -3.92. The van der Waals surface area contributed by atoms with Gasteiger partial charge in [-0.15, -0.1) is 0 Å². The molecule has 5 heteroatoms. The number of hydrogen-bond donors (Lipinski definition) is 2. The molecule has 3 atom stereocenters. The molecule has 0 spiro atoms. The van der Waals surface area contributed by atoms with Crippen molar-refractivity contribution in [3.8, 4) is 0 Å². The van der Waals surface area contributed by atoms with Crippen LogP contribution < -0.4 is 5.73 Å². The van der Waals surface area contributed by atoms with E-state index in [4.69, 9.17) is 10.3 Å². The predicted molar refractivity (Wildman–Crippen MR) is 64.7 cm³/mol. The van der Waals surface area contributed by atoms with Crippen molar-refractivity contribution in [2.45, 2.75) is 39.5 Å². The molecule has 0 aliphatic heterocycles. The summed E-state index contributed by atoms with van der Waals surface area (Å²) in [6, 6.07) is 0. The second-order valence-electron chi connectivity index (χ2n) is 5.18. The third kappa shape index (κ3) is 3.18. The molecule has 0 aromatic carbocycles. The van der Waals surface area contributed by atoms with Crippen molar-refractivity contribution in [2.75, 3.05) is 12.3 Å². The Bertz CT molecular complexity index is 314. The highest BCUT2D eigenvalue weighted by Gasteiger charge is 2.45. The van der Waals surface area contributed by atoms with Crippen LogP contribution in [0.4, 0.5) is 0 Å². The molecule has 0 radical (unpaired) electrons. The lowest BCUT2D eigenvalue weighted by atomic mass is 9.87. The third-order valence-electron chi connectivity index (χ3n) is 4.03. The molecule has 16 heavy (non-hydrogen) atoms. The van der Waals surface area contributed by atoms with E-state index in [2.05, 4.69) is 13.8 Å². The van der Waals surface area contributed by atoms with Crippen LogP contribution >= 0.6 is 0 Å². The molecule has 1 rings (SSSR count). The molecule has 4 nitrogen and oxygen atoms in total. The van der Waals surface area contributed by atoms with E-state index in [1.165, 1.54) is 0 Å². The fraction of sp³-hybridized carbons (Fsp3) is 1.00. The van der Waals surface area contributed by atoms with Gasteiger partial charge in [-0.25, -0.2) is 0 Å². The van der Waals surface area contributed by atoms with Gasteiger partial charge in [0.15, 0.2) is 0 Å². The zero-order valence-electron chi connectivity index (χ0n) is 10.1. The second kappa shape index (κ2) is 5.02. The van der Waals surface area contributed by atoms with Gasteiger partial charge in [-0.1, -0.05) is 26.7 Å². The van der Waals surface area contributed by atoms with Gasteiger partial charge >= 0.3 is 0 Å². The molecule has 1 fully saturated rings. The molecule has 0 bridgehead atoms. The third-order valence-corrected chi connectivity index (χ3v) is 5.00. The predicted octanol–water partition coefficient (Wildman–Crippen LogP) is 1.67. The Balaban J connectivity index is 2.84. The van der Waals surface area contributed by atoms with Crippen LogP contribution in [0.25, 0.3) is 0 Å². The van der Waals surface area contributed by atoms with E-state index in [-0.39, 0.29) is 5.75 Å². The van der Waals surface area contributed by atoms with Gasteiger partial charge in [0, 0.05) is 0 Å². The van der Waals surface area contributed by atoms with Crippen molar-refractivity contribution < 1.29 is 13.0 Å². The smallest absolute Gasteiger partial charge is 0.265 e. The number of hydrogen-bond acceptors (Lipinski definition) is 3. The molecule has 0 aromatic rings. The Kier molecular flexibility index (Phi) is 4.37. The maximum absolute atomic E-state index is 11.0. The fourth-order valence-corrected chi connectivity index (χ4v) is 4.34. The van der Waals surface area contributed by atoms with Crippen LogP contribution in [0.2, 0.25) is 0 Å². The summed E-state index contributed by atoms with van der Waals surface area (Å²) in [5.41, 5.74) is 5.34. The van der Waals surface area contributed by atoms with Gasteiger partial charge in [-0.2, -0.15) is 8.42 Å². The highest BCUT2D eigenvalue weighted by molar-refractivity contribution is 7.85. The van der Waals surface area contributed by atoms with Crippen molar-refractivity contribution in [3.63, 3.8) is 0 Å². The van der Waals surface area contributed by atoms with Crippen molar-refractivity contribution in [1.29, 1.82) is 0 Å². The summed E-state index contributed by atoms with van der Waals surface area (Å²) in [6.45, 7) is 4.61. The first kappa shape index (κ1) is 13.9. The van der Waals surface area contributed by atoms with Crippen LogP contribution in [0, 0.1) is 17.3 Å². The van der Waals surface area contributed by atoms with Gasteiger partial charge in [0.25, 0.3) is 10.1 Å². The molecule has 1 saturated carbocycles. The van der Waals surface area contributed by atoms with Crippen molar-refractivity contribution in [2.24, 2.45) is 23.0 Å². The second-order valence-corrected chi connectivity index (χ2v) is 6.63. The molecule has 3 N–H and O–H groups in total. The van der Waals surface area contributed by atoms with E-state index in [0.717, 1.165) is 25.7 Å². The summed E-state index contributed by atoms with van der Waals surface area (Å²) < 4.78 is 31.1. The van der Waals surface area contributed by atoms with E-state index < -0.39 is 15.5 Å². The molecule has 1 unspecified atom stereocenters. The molecule has 1 aliphatic carbocycles. The summed E-state index contributed by atoms with van der Waals surface area (Å²) in [5.74, 6) is 0.925. The number of nitrogens with two attached hydrogens (primary N) is 1. The van der Waals surface area contributed by atoms with E-state index in [1.54, 1.807) is 0 Å². The molecule has 96 valence electrons. The monoisotopic (exact) mass is 249 g/mol. The topological polar surface area (TPSA) is 80.4 Å². The van der Waals surface area contributed by atoms with Crippen molar-refractivity contribution in [3.05, 3.63) is 0 Å². The molecular formula is C11H23NO3S. The molecular weight excluding hydrogens is 226 g/mol. The highest BCUT2D eigenvalue weighted by Crippen LogP contribution is 2.48. The van der Waals surface area contributed by atoms with E-state index in [1.807, 2.05) is 0 Å². The largest absolute Gasteiger partial charge is 0.330 e. The summed E-state index contributed by atoms with van der Waals surface area (Å²) in [5, 5.41) is 0. The van der Waals surface area contributed by atoms with Gasteiger partial charge < -0.3 is 5.73 Å². The lowest BCUT2D eigenvalue weighted by molar-refractivity contribution is 0.319. The van der Waals surface area contributed by atoms with Crippen LogP contribution in [-0.2, 0) is 10.1 Å². The zero-order valence-corrected chi connectivity index (χ0v) is 11.0. The van der Waals surface area contributed by atoms with Gasteiger partial charge in [0.05, 0.1) is 5.75 Å². The average Bonchev–Trinajstić information content (AvgIpc) is 2.54. The molecule has 1 aliphatic rings. The van der Waals surface area contributed by atoms with Crippen LogP contribution in [-0.4, -0.2) is 25.3 Å². The van der Waals surface area contributed by atoms with Gasteiger partial charge in [0.1, 0.15) is 0 Å². The average molecular weight is 249 g/mol. The van der Waals surface area contributed by atoms with Crippen LogP contribution in [0.3, 0.4) is 0 Å². The van der Waals surface area contributed by atoms with Crippen LogP contribution in [0.1, 0.15) is 39.5 Å². The maximum atomic E-state index is 11.0. The SMILES string of the molecule is CC[C@@H]1CC(CN)(CS(=O)(=O)O)C[C@@H]1CC. The first-order valence-corrected chi connectivity index (χ1v) is 7.62. The Morgan fingerprint density at radius 2 is 1.69 bits per heavy atom. The van der Waals surface area contributed by atoms with Crippen LogP contribution in [0.5, 0.6) is 0 Å². The minimum Gasteiger partial charge on any atom is -0.330 e. The lowest BCUT2D eigenvalue weighted by Gasteiger charge is -2.26. The first-order valence-electron chi connectivity index (χ1n) is 6.01. The zero-order chi connectivity index (χ0) is 12.4. The highest BCUT2D eigenvalue weighted by atomic mass is 32.2. The first-order chi connectivity index (χ1) is 7.36. The molecule has 0 heterocycles. The van der Waals surface area contributed by atoms with Gasteiger partial charge in [-0.05, 0) is 36.6 Å². The summed E-state index contributed by atoms with van der Waals surface area (Å²) in [6.07, 6.45) is 3.79. The Hall–Kier alpha value is -0.130. The van der Waals surface area contributed by atoms with Crippen molar-refractivity contribution >= 4 is 10.1 Å². The minimum atomic E-state index is -3.92. The Labute approximate surface area is 98.4 Å². The summed E-state index contributed by atoms with van der Waals surface area (Å²) in [4.78, 5) is 0. The molecule has 0 saturated heterocycles. The fourth-order valence-electron chi connectivity index (χ4n) is 3.21. The van der Waals surface area contributed by atoms with E-state index in [9.17, 15) is 8.42 Å². The van der Waals surface area contributed by atoms with Crippen molar-refractivity contribution in [1.82, 2.24) is 0 Å². The quantitative estimate of drug-likeness (QED) is 0.726. The Morgan fingerprint density at radius 3 is 1.94 bits per heavy atom. The molecule has 0 aromatic heterocycles.